The van der Waals surface area contributed by atoms with Crippen LogP contribution in [0.15, 0.2) is 72.8 Å². The van der Waals surface area contributed by atoms with E-state index >= 15 is 0 Å². The molecule has 0 aliphatic heterocycles. The van der Waals surface area contributed by atoms with Crippen molar-refractivity contribution in [3.05, 3.63) is 95.1 Å². The Kier molecular flexibility index (Phi) is 6.65. The van der Waals surface area contributed by atoms with Gasteiger partial charge in [0.2, 0.25) is 0 Å². The van der Waals surface area contributed by atoms with Crippen LogP contribution in [0.2, 0.25) is 0 Å². The summed E-state index contributed by atoms with van der Waals surface area (Å²) in [6.07, 6.45) is 3.22. The van der Waals surface area contributed by atoms with Crippen LogP contribution < -0.4 is 10.1 Å². The van der Waals surface area contributed by atoms with Crippen LogP contribution in [0.1, 0.15) is 27.0 Å². The molecule has 0 atom stereocenters. The summed E-state index contributed by atoms with van der Waals surface area (Å²) >= 11 is 0. The van der Waals surface area contributed by atoms with E-state index in [1.165, 1.54) is 6.08 Å². The van der Waals surface area contributed by atoms with Gasteiger partial charge in [-0.2, -0.15) is 0 Å². The molecule has 3 rings (SSSR count). The number of amides is 1. The summed E-state index contributed by atoms with van der Waals surface area (Å²) in [5.41, 5.74) is 3.60. The number of aryl methyl sites for hydroxylation is 2. The number of aromatic hydroxyl groups is 1. The van der Waals surface area contributed by atoms with Gasteiger partial charge in [-0.05, 0) is 85.1 Å². The zero-order valence-corrected chi connectivity index (χ0v) is 16.9. The summed E-state index contributed by atoms with van der Waals surface area (Å²) in [5.74, 6) is 0.366. The highest BCUT2D eigenvalue weighted by Gasteiger charge is 2.06. The van der Waals surface area contributed by atoms with Gasteiger partial charge in [0.05, 0.1) is 0 Å². The summed E-state index contributed by atoms with van der Waals surface area (Å²) in [6, 6.07) is 19.4. The number of phenolic OH excluding ortho intramolecular Hbond substituents is 1. The number of ketones is 1. The van der Waals surface area contributed by atoms with Gasteiger partial charge in [-0.3, -0.25) is 9.59 Å². The van der Waals surface area contributed by atoms with E-state index < -0.39 is 0 Å². The number of carbonyl (C=O) groups excluding carboxylic acids is 2. The third-order valence-corrected chi connectivity index (χ3v) is 4.51. The van der Waals surface area contributed by atoms with Crippen molar-refractivity contribution in [3.63, 3.8) is 0 Å². The number of phenols is 1. The maximum atomic E-state index is 12.4. The number of anilines is 1. The second-order valence-electron chi connectivity index (χ2n) is 6.93. The maximum absolute atomic E-state index is 12.4. The summed E-state index contributed by atoms with van der Waals surface area (Å²) in [5, 5.41) is 12.6. The normalized spacial score (nSPS) is 10.7. The van der Waals surface area contributed by atoms with Crippen molar-refractivity contribution in [2.75, 3.05) is 11.9 Å². The predicted octanol–water partition coefficient (Wildman–Crippen LogP) is 4.92. The minimum absolute atomic E-state index is 0.123. The van der Waals surface area contributed by atoms with Crippen molar-refractivity contribution in [2.45, 2.75) is 13.8 Å². The Bertz CT molecular complexity index is 1050. The molecule has 0 saturated heterocycles. The van der Waals surface area contributed by atoms with Gasteiger partial charge in [0.25, 0.3) is 5.91 Å². The first kappa shape index (κ1) is 20.9. The molecule has 0 bridgehead atoms. The molecule has 1 amide bonds. The summed E-state index contributed by atoms with van der Waals surface area (Å²) in [6.45, 7) is 3.52. The van der Waals surface area contributed by atoms with E-state index in [4.69, 9.17) is 4.74 Å². The van der Waals surface area contributed by atoms with Crippen LogP contribution in [0.3, 0.4) is 0 Å². The number of allylic oxidation sites excluding steroid dienone is 1. The lowest BCUT2D eigenvalue weighted by atomic mass is 10.0. The van der Waals surface area contributed by atoms with Crippen LogP contribution in [0.25, 0.3) is 6.08 Å². The first-order valence-electron chi connectivity index (χ1n) is 9.53. The predicted molar refractivity (Wildman–Crippen MR) is 118 cm³/mol. The lowest BCUT2D eigenvalue weighted by Crippen LogP contribution is -2.20. The van der Waals surface area contributed by atoms with Crippen LogP contribution in [0.4, 0.5) is 5.69 Å². The molecule has 0 radical (unpaired) electrons. The summed E-state index contributed by atoms with van der Waals surface area (Å²) in [4.78, 5) is 24.3. The van der Waals surface area contributed by atoms with Gasteiger partial charge in [-0.25, -0.2) is 0 Å². The Hall–Kier alpha value is -3.86. The van der Waals surface area contributed by atoms with Crippen molar-refractivity contribution in [2.24, 2.45) is 0 Å². The van der Waals surface area contributed by atoms with Crippen LogP contribution in [-0.4, -0.2) is 23.4 Å². The average molecular weight is 401 g/mol. The first-order chi connectivity index (χ1) is 14.4. The number of ether oxygens (including phenoxy) is 1. The van der Waals surface area contributed by atoms with Gasteiger partial charge in [-0.15, -0.1) is 0 Å². The standard InChI is InChI=1S/C25H23NO4/c1-17-14-19(15-18(2)25(17)29)8-13-23(27)20-9-11-22(12-10-20)30-16-24(28)26-21-6-4-3-5-7-21/h3-15,29H,16H2,1-2H3,(H,26,28)/b13-8+. The largest absolute Gasteiger partial charge is 0.507 e. The Balaban J connectivity index is 1.56. The van der Waals surface area contributed by atoms with E-state index in [0.29, 0.717) is 17.0 Å². The number of nitrogens with one attached hydrogen (secondary N) is 1. The van der Waals surface area contributed by atoms with Crippen LogP contribution >= 0.6 is 0 Å². The highest BCUT2D eigenvalue weighted by atomic mass is 16.5. The zero-order chi connectivity index (χ0) is 21.5. The van der Waals surface area contributed by atoms with Crippen molar-refractivity contribution in [1.29, 1.82) is 0 Å². The fourth-order valence-corrected chi connectivity index (χ4v) is 2.94. The fraction of sp³-hybridized carbons (Fsp3) is 0.120. The van der Waals surface area contributed by atoms with E-state index in [2.05, 4.69) is 5.32 Å². The third-order valence-electron chi connectivity index (χ3n) is 4.51. The molecule has 5 heteroatoms. The molecule has 5 nitrogen and oxygen atoms in total. The molecule has 152 valence electrons. The molecule has 3 aromatic carbocycles. The highest BCUT2D eigenvalue weighted by Crippen LogP contribution is 2.23. The number of rotatable bonds is 7. The lowest BCUT2D eigenvalue weighted by molar-refractivity contribution is -0.118. The van der Waals surface area contributed by atoms with Gasteiger partial charge in [0, 0.05) is 11.3 Å². The molecule has 0 unspecified atom stereocenters. The van der Waals surface area contributed by atoms with Crippen molar-refractivity contribution in [1.82, 2.24) is 0 Å². The highest BCUT2D eigenvalue weighted by molar-refractivity contribution is 6.06. The van der Waals surface area contributed by atoms with Gasteiger partial charge in [-0.1, -0.05) is 24.3 Å². The van der Waals surface area contributed by atoms with E-state index in [0.717, 1.165) is 16.7 Å². The van der Waals surface area contributed by atoms with E-state index in [1.807, 2.05) is 44.2 Å². The number of benzene rings is 3. The van der Waals surface area contributed by atoms with Gasteiger partial charge in [0.15, 0.2) is 12.4 Å². The second-order valence-corrected chi connectivity index (χ2v) is 6.93. The average Bonchev–Trinajstić information content (AvgIpc) is 2.75. The van der Waals surface area contributed by atoms with Gasteiger partial charge in [0.1, 0.15) is 11.5 Å². The smallest absolute Gasteiger partial charge is 0.262 e. The van der Waals surface area contributed by atoms with Gasteiger partial charge < -0.3 is 15.2 Å². The molecule has 0 fully saturated rings. The number of hydrogen-bond donors (Lipinski definition) is 2. The summed E-state index contributed by atoms with van der Waals surface area (Å²) < 4.78 is 5.48. The number of para-hydroxylation sites is 1. The van der Waals surface area contributed by atoms with Crippen molar-refractivity contribution < 1.29 is 19.4 Å². The van der Waals surface area contributed by atoms with Crippen molar-refractivity contribution >= 4 is 23.5 Å². The second kappa shape index (κ2) is 9.56. The summed E-state index contributed by atoms with van der Waals surface area (Å²) in [7, 11) is 0. The number of carbonyl (C=O) groups is 2. The van der Waals surface area contributed by atoms with Crippen LogP contribution in [0, 0.1) is 13.8 Å². The van der Waals surface area contributed by atoms with Crippen LogP contribution in [-0.2, 0) is 4.79 Å². The molecule has 0 aliphatic rings. The molecule has 2 N–H and O–H groups in total. The molecule has 3 aromatic rings. The fourth-order valence-electron chi connectivity index (χ4n) is 2.94. The minimum Gasteiger partial charge on any atom is -0.507 e. The quantitative estimate of drug-likeness (QED) is 0.435. The molecule has 0 aromatic heterocycles. The zero-order valence-electron chi connectivity index (χ0n) is 16.9. The monoisotopic (exact) mass is 401 g/mol. The third kappa shape index (κ3) is 5.58. The van der Waals surface area contributed by atoms with E-state index in [1.54, 1.807) is 42.5 Å². The molecular weight excluding hydrogens is 378 g/mol. The maximum Gasteiger partial charge on any atom is 0.262 e. The molecule has 0 spiro atoms. The van der Waals surface area contributed by atoms with E-state index in [-0.39, 0.29) is 24.0 Å². The van der Waals surface area contributed by atoms with Crippen LogP contribution in [0.5, 0.6) is 11.5 Å². The Morgan fingerprint density at radius 3 is 2.23 bits per heavy atom. The number of hydrogen-bond acceptors (Lipinski definition) is 4. The molecular formula is C25H23NO4. The first-order valence-corrected chi connectivity index (χ1v) is 9.53. The van der Waals surface area contributed by atoms with Gasteiger partial charge >= 0.3 is 0 Å². The SMILES string of the molecule is Cc1cc(/C=C/C(=O)c2ccc(OCC(=O)Nc3ccccc3)cc2)cc(C)c1O. The van der Waals surface area contributed by atoms with E-state index in [9.17, 15) is 14.7 Å². The molecule has 0 saturated carbocycles. The molecule has 30 heavy (non-hydrogen) atoms. The van der Waals surface area contributed by atoms with Crippen molar-refractivity contribution in [3.8, 4) is 11.5 Å². The Labute approximate surface area is 175 Å². The topological polar surface area (TPSA) is 75.6 Å². The Morgan fingerprint density at radius 1 is 0.967 bits per heavy atom. The lowest BCUT2D eigenvalue weighted by Gasteiger charge is -2.08. The molecule has 0 heterocycles. The Morgan fingerprint density at radius 2 is 1.60 bits per heavy atom. The minimum atomic E-state index is -0.260. The molecule has 0 aliphatic carbocycles.